The molecule has 1 N–H and O–H groups in total. The molecular formula is C14H19ClN2S. The maximum absolute atomic E-state index is 5.85. The van der Waals surface area contributed by atoms with E-state index in [2.05, 4.69) is 34.7 Å². The number of pyridine rings is 1. The van der Waals surface area contributed by atoms with Gasteiger partial charge in [-0.1, -0.05) is 13.3 Å². The van der Waals surface area contributed by atoms with E-state index >= 15 is 0 Å². The van der Waals surface area contributed by atoms with Crippen LogP contribution in [0.15, 0.2) is 23.7 Å². The number of fused-ring (bicyclic) bond motifs is 1. The normalized spacial score (nSPS) is 12.8. The van der Waals surface area contributed by atoms with Gasteiger partial charge in [0.2, 0.25) is 0 Å². The predicted octanol–water partition coefficient (Wildman–Crippen LogP) is 4.75. The number of aromatic nitrogens is 1. The number of alkyl halides is 1. The molecule has 0 saturated heterocycles. The van der Waals surface area contributed by atoms with Crippen molar-refractivity contribution in [3.8, 4) is 0 Å². The molecule has 1 unspecified atom stereocenters. The van der Waals surface area contributed by atoms with Gasteiger partial charge in [-0.15, -0.1) is 22.9 Å². The summed E-state index contributed by atoms with van der Waals surface area (Å²) in [6.07, 6.45) is 5.37. The Kier molecular flexibility index (Phi) is 5.26. The molecule has 0 radical (unpaired) electrons. The van der Waals surface area contributed by atoms with E-state index in [0.29, 0.717) is 5.92 Å². The van der Waals surface area contributed by atoms with Gasteiger partial charge in [0, 0.05) is 28.7 Å². The second-order valence-electron chi connectivity index (χ2n) is 4.51. The number of thiophene rings is 1. The van der Waals surface area contributed by atoms with Gasteiger partial charge in [0.25, 0.3) is 0 Å². The van der Waals surface area contributed by atoms with Gasteiger partial charge in [0.15, 0.2) is 0 Å². The fourth-order valence-electron chi connectivity index (χ4n) is 2.19. The lowest BCUT2D eigenvalue weighted by Gasteiger charge is -2.16. The van der Waals surface area contributed by atoms with Gasteiger partial charge < -0.3 is 5.32 Å². The summed E-state index contributed by atoms with van der Waals surface area (Å²) in [6, 6.07) is 4.19. The van der Waals surface area contributed by atoms with Crippen molar-refractivity contribution in [2.45, 2.75) is 26.2 Å². The Balaban J connectivity index is 2.02. The van der Waals surface area contributed by atoms with Crippen molar-refractivity contribution >= 4 is 38.8 Å². The fraction of sp³-hybridized carbons (Fsp3) is 0.500. The quantitative estimate of drug-likeness (QED) is 0.741. The third kappa shape index (κ3) is 3.36. The molecule has 0 saturated carbocycles. The minimum Gasteiger partial charge on any atom is -0.369 e. The molecule has 0 aliphatic heterocycles. The molecule has 0 aromatic carbocycles. The van der Waals surface area contributed by atoms with E-state index in [0.717, 1.165) is 24.7 Å². The van der Waals surface area contributed by atoms with E-state index in [4.69, 9.17) is 11.6 Å². The van der Waals surface area contributed by atoms with Gasteiger partial charge in [-0.3, -0.25) is 0 Å². The first-order valence-corrected chi connectivity index (χ1v) is 7.88. The molecular weight excluding hydrogens is 264 g/mol. The Morgan fingerprint density at radius 2 is 2.28 bits per heavy atom. The Hall–Kier alpha value is -0.800. The number of rotatable bonds is 7. The van der Waals surface area contributed by atoms with Crippen molar-refractivity contribution in [1.29, 1.82) is 0 Å². The molecule has 0 fully saturated rings. The maximum Gasteiger partial charge on any atom is 0.134 e. The first-order valence-electron chi connectivity index (χ1n) is 6.47. The lowest BCUT2D eigenvalue weighted by Crippen LogP contribution is -2.15. The molecule has 2 nitrogen and oxygen atoms in total. The van der Waals surface area contributed by atoms with Crippen molar-refractivity contribution in [3.63, 3.8) is 0 Å². The number of hydrogen-bond donors (Lipinski definition) is 1. The third-order valence-corrected chi connectivity index (χ3v) is 4.25. The lowest BCUT2D eigenvalue weighted by atomic mass is 10.0. The molecule has 2 heterocycles. The molecule has 2 rings (SSSR count). The van der Waals surface area contributed by atoms with Crippen LogP contribution in [0.5, 0.6) is 0 Å². The number of hydrogen-bond acceptors (Lipinski definition) is 3. The molecule has 0 aliphatic rings. The Morgan fingerprint density at radius 3 is 3.06 bits per heavy atom. The summed E-state index contributed by atoms with van der Waals surface area (Å²) in [5, 5.41) is 6.82. The zero-order chi connectivity index (χ0) is 12.8. The van der Waals surface area contributed by atoms with Crippen LogP contribution in [-0.4, -0.2) is 17.4 Å². The molecule has 0 bridgehead atoms. The predicted molar refractivity (Wildman–Crippen MR) is 81.8 cm³/mol. The van der Waals surface area contributed by atoms with Crippen LogP contribution >= 0.6 is 22.9 Å². The van der Waals surface area contributed by atoms with E-state index in [-0.39, 0.29) is 0 Å². The highest BCUT2D eigenvalue weighted by atomic mass is 35.5. The number of halogens is 1. The van der Waals surface area contributed by atoms with Crippen LogP contribution in [0.3, 0.4) is 0 Å². The fourth-order valence-corrected chi connectivity index (χ4v) is 3.28. The zero-order valence-corrected chi connectivity index (χ0v) is 12.2. The first-order chi connectivity index (χ1) is 8.85. The summed E-state index contributed by atoms with van der Waals surface area (Å²) in [5.74, 6) is 2.38. The summed E-state index contributed by atoms with van der Waals surface area (Å²) in [5.41, 5.74) is 0. The summed E-state index contributed by atoms with van der Waals surface area (Å²) in [7, 11) is 0. The standard InChI is InChI=1S/C14H19ClN2S/c1-2-3-11(4-7-15)10-17-14-12-6-9-18-13(12)5-8-16-14/h5-6,8-9,11H,2-4,7,10H2,1H3,(H,16,17). The minimum atomic E-state index is 0.642. The molecule has 2 aromatic heterocycles. The Bertz CT molecular complexity index is 477. The molecule has 0 spiro atoms. The summed E-state index contributed by atoms with van der Waals surface area (Å²) in [4.78, 5) is 4.43. The van der Waals surface area contributed by atoms with Crippen molar-refractivity contribution in [2.24, 2.45) is 5.92 Å². The van der Waals surface area contributed by atoms with E-state index in [9.17, 15) is 0 Å². The van der Waals surface area contributed by atoms with Gasteiger partial charge in [0.1, 0.15) is 5.82 Å². The van der Waals surface area contributed by atoms with Gasteiger partial charge in [-0.2, -0.15) is 0 Å². The Labute approximate surface area is 117 Å². The van der Waals surface area contributed by atoms with Crippen molar-refractivity contribution in [3.05, 3.63) is 23.7 Å². The van der Waals surface area contributed by atoms with E-state index < -0.39 is 0 Å². The van der Waals surface area contributed by atoms with E-state index in [1.165, 1.54) is 22.9 Å². The third-order valence-electron chi connectivity index (χ3n) is 3.15. The largest absolute Gasteiger partial charge is 0.369 e. The first kappa shape index (κ1) is 13.6. The average molecular weight is 283 g/mol. The van der Waals surface area contributed by atoms with Crippen molar-refractivity contribution < 1.29 is 0 Å². The highest BCUT2D eigenvalue weighted by Crippen LogP contribution is 2.26. The monoisotopic (exact) mass is 282 g/mol. The average Bonchev–Trinajstić information content (AvgIpc) is 2.85. The van der Waals surface area contributed by atoms with Crippen LogP contribution in [0.1, 0.15) is 26.2 Å². The smallest absolute Gasteiger partial charge is 0.134 e. The summed E-state index contributed by atoms with van der Waals surface area (Å²) in [6.45, 7) is 3.18. The van der Waals surface area contributed by atoms with E-state index in [1.807, 2.05) is 6.20 Å². The van der Waals surface area contributed by atoms with Gasteiger partial charge >= 0.3 is 0 Å². The topological polar surface area (TPSA) is 24.9 Å². The van der Waals surface area contributed by atoms with Gasteiger partial charge in [-0.05, 0) is 36.3 Å². The summed E-state index contributed by atoms with van der Waals surface area (Å²) < 4.78 is 1.29. The van der Waals surface area contributed by atoms with Crippen LogP contribution in [0.25, 0.3) is 10.1 Å². The molecule has 4 heteroatoms. The van der Waals surface area contributed by atoms with Gasteiger partial charge in [-0.25, -0.2) is 4.98 Å². The number of nitrogens with one attached hydrogen (secondary N) is 1. The highest BCUT2D eigenvalue weighted by Gasteiger charge is 2.09. The Morgan fingerprint density at radius 1 is 1.39 bits per heavy atom. The lowest BCUT2D eigenvalue weighted by molar-refractivity contribution is 0.490. The SMILES string of the molecule is CCCC(CCCl)CNc1nccc2sccc12. The molecule has 18 heavy (non-hydrogen) atoms. The molecule has 2 aromatic rings. The van der Waals surface area contributed by atoms with Crippen LogP contribution < -0.4 is 5.32 Å². The van der Waals surface area contributed by atoms with Crippen LogP contribution in [0.4, 0.5) is 5.82 Å². The van der Waals surface area contributed by atoms with Crippen LogP contribution in [0, 0.1) is 5.92 Å². The molecule has 0 aliphatic carbocycles. The van der Waals surface area contributed by atoms with Crippen molar-refractivity contribution in [2.75, 3.05) is 17.7 Å². The zero-order valence-electron chi connectivity index (χ0n) is 10.7. The second kappa shape index (κ2) is 6.95. The molecule has 98 valence electrons. The summed E-state index contributed by atoms with van der Waals surface area (Å²) >= 11 is 7.60. The van der Waals surface area contributed by atoms with Crippen LogP contribution in [-0.2, 0) is 0 Å². The maximum atomic E-state index is 5.85. The molecule has 0 amide bonds. The van der Waals surface area contributed by atoms with E-state index in [1.54, 1.807) is 11.3 Å². The van der Waals surface area contributed by atoms with Gasteiger partial charge in [0.05, 0.1) is 0 Å². The van der Waals surface area contributed by atoms with Crippen molar-refractivity contribution in [1.82, 2.24) is 4.98 Å². The van der Waals surface area contributed by atoms with Crippen LogP contribution in [0.2, 0.25) is 0 Å². The second-order valence-corrected chi connectivity index (χ2v) is 5.83. The number of anilines is 1. The number of nitrogens with zero attached hydrogens (tertiary/aromatic N) is 1. The minimum absolute atomic E-state index is 0.642. The highest BCUT2D eigenvalue weighted by molar-refractivity contribution is 7.17. The molecule has 1 atom stereocenters.